The molecule has 0 saturated carbocycles. The summed E-state index contributed by atoms with van der Waals surface area (Å²) in [7, 11) is 1.44. The first-order valence-electron chi connectivity index (χ1n) is 22.8. The number of anilines is 1. The number of aliphatic hydroxyl groups excluding tert-OH is 2. The maximum Gasteiger partial charge on any atom is 0.312 e. The fourth-order valence-corrected chi connectivity index (χ4v) is 9.54. The maximum absolute atomic E-state index is 14.6. The van der Waals surface area contributed by atoms with Crippen molar-refractivity contribution in [2.75, 3.05) is 25.5 Å². The van der Waals surface area contributed by atoms with Crippen molar-refractivity contribution < 1.29 is 58.9 Å². The molecule has 67 heavy (non-hydrogen) atoms. The smallest absolute Gasteiger partial charge is 0.312 e. The third kappa shape index (κ3) is 10.2. The minimum absolute atomic E-state index is 0.0503. The van der Waals surface area contributed by atoms with Gasteiger partial charge < -0.3 is 49.8 Å². The third-order valence-corrected chi connectivity index (χ3v) is 13.7. The van der Waals surface area contributed by atoms with Crippen molar-refractivity contribution in [3.05, 3.63) is 88.7 Å². The van der Waals surface area contributed by atoms with Crippen molar-refractivity contribution in [1.29, 1.82) is 0 Å². The van der Waals surface area contributed by atoms with Crippen LogP contribution in [0.15, 0.2) is 71.6 Å². The second kappa shape index (κ2) is 20.5. The molecule has 1 fully saturated rings. The molecule has 0 aromatic heterocycles. The number of phenolic OH excluding ortho intramolecular Hbond substituents is 3. The minimum Gasteiger partial charge on any atom is -0.507 e. The predicted octanol–water partition coefficient (Wildman–Crippen LogP) is 6.68. The number of fused-ring (bicyclic) bond motifs is 14. The van der Waals surface area contributed by atoms with Crippen molar-refractivity contribution in [3.63, 3.8) is 0 Å². The van der Waals surface area contributed by atoms with Crippen LogP contribution < -0.4 is 10.1 Å². The van der Waals surface area contributed by atoms with Gasteiger partial charge in [-0.15, -0.1) is 0 Å². The predicted molar refractivity (Wildman–Crippen MR) is 254 cm³/mol. The van der Waals surface area contributed by atoms with Crippen LogP contribution >= 0.6 is 0 Å². The number of carbonyl (C=O) groups excluding carboxylic acids is 3. The Bertz CT molecular complexity index is 2460. The number of hydrazone groups is 1. The van der Waals surface area contributed by atoms with E-state index in [0.717, 1.165) is 6.54 Å². The van der Waals surface area contributed by atoms with E-state index in [1.165, 1.54) is 65.0 Å². The molecule has 0 spiro atoms. The SMILES string of the molecule is CO[C@H]1/C=C/O[C@@]2(C)Oc3c(C)c(O)c4c(O)c(c(/C=N/N5CC(C)N(Cc6ccccc6)C(C)C5)c(O)c4c3C2=O)NC(=O)/C(C)=C\C=C\[C@H](C)[C@H](O)[C@@H](C)[C@@H](O)[C@@H](C)[C@H](OC(C)=O)[C@@H]1C. The molecule has 2 unspecified atom stereocenters. The second-order valence-electron chi connectivity index (χ2n) is 18.6. The monoisotopic (exact) mass is 926 g/mol. The Morgan fingerprint density at radius 1 is 0.910 bits per heavy atom. The summed E-state index contributed by atoms with van der Waals surface area (Å²) in [6.45, 7) is 18.5. The number of methoxy groups -OCH3 is 1. The van der Waals surface area contributed by atoms with Crippen LogP contribution in [-0.2, 0) is 30.3 Å². The lowest BCUT2D eigenvalue weighted by Gasteiger charge is -2.43. The number of ketones is 1. The summed E-state index contributed by atoms with van der Waals surface area (Å²) in [5, 5.41) is 68.0. The van der Waals surface area contributed by atoms with Crippen LogP contribution in [-0.4, -0.2) is 122 Å². The summed E-state index contributed by atoms with van der Waals surface area (Å²) in [4.78, 5) is 43.4. The number of ether oxygens (including phenoxy) is 4. The van der Waals surface area contributed by atoms with Crippen LogP contribution in [0.3, 0.4) is 0 Å². The van der Waals surface area contributed by atoms with Gasteiger partial charge in [0.25, 0.3) is 11.7 Å². The summed E-state index contributed by atoms with van der Waals surface area (Å²) in [5.74, 6) is -8.45. The number of aliphatic hydroxyl groups is 2. The summed E-state index contributed by atoms with van der Waals surface area (Å²) in [6.07, 6.45) is 4.88. The Kier molecular flexibility index (Phi) is 15.5. The molecule has 4 aliphatic heterocycles. The molecule has 7 rings (SSSR count). The van der Waals surface area contributed by atoms with Gasteiger partial charge in [0.1, 0.15) is 23.4 Å². The van der Waals surface area contributed by atoms with Crippen LogP contribution in [0.5, 0.6) is 23.0 Å². The lowest BCUT2D eigenvalue weighted by molar-refractivity contribution is -0.160. The number of esters is 1. The molecule has 5 bridgehead atoms. The zero-order valence-corrected chi connectivity index (χ0v) is 40.2. The van der Waals surface area contributed by atoms with Crippen LogP contribution in [0, 0.1) is 30.6 Å². The number of nitrogens with one attached hydrogen (secondary N) is 1. The zero-order valence-electron chi connectivity index (χ0n) is 40.2. The molecule has 3 aromatic carbocycles. The number of piperazine rings is 1. The number of carbonyl (C=O) groups is 3. The van der Waals surface area contributed by atoms with Crippen LogP contribution in [0.25, 0.3) is 10.8 Å². The van der Waals surface area contributed by atoms with Crippen LogP contribution in [0.1, 0.15) is 89.4 Å². The van der Waals surface area contributed by atoms with E-state index in [-0.39, 0.29) is 56.6 Å². The van der Waals surface area contributed by atoms with Gasteiger partial charge in [-0.05, 0) is 39.3 Å². The van der Waals surface area contributed by atoms with Gasteiger partial charge in [0.05, 0.1) is 66.1 Å². The van der Waals surface area contributed by atoms with Crippen molar-refractivity contribution >= 4 is 40.3 Å². The standard InChI is InChI=1S/C51H66N4O12/c1-26-16-15-17-27(2)50(63)53-41-36(22-52-54-23-28(3)55(29(4)24-54)25-35-18-13-12-14-19-35)45(60)38-39(46(41)61)44(59)33(8)48-40(38)49(62)51(10,67-48)65-21-20-37(64-11)30(5)47(66-34(9)56)32(7)43(58)31(6)42(26)57/h12-22,26,28-32,37,42-43,47,57-61H,23-25H2,1-11H3,(H,53,63)/b16-15+,21-20+,27-17-,52-22+/t26-,28?,29?,30+,31+,32+,37-,42-,43+,47+,51-/m0/s1. The van der Waals surface area contributed by atoms with E-state index >= 15 is 0 Å². The van der Waals surface area contributed by atoms with E-state index < -0.39 is 88.8 Å². The molecule has 6 N–H and O–H groups in total. The van der Waals surface area contributed by atoms with Gasteiger partial charge in [0.2, 0.25) is 0 Å². The first-order chi connectivity index (χ1) is 31.6. The molecule has 3 aromatic rings. The first kappa shape index (κ1) is 50.5. The van der Waals surface area contributed by atoms with Gasteiger partial charge in [-0.1, -0.05) is 76.3 Å². The number of nitrogens with zero attached hydrogens (tertiary/aromatic N) is 3. The average molecular weight is 927 g/mol. The minimum atomic E-state index is -2.06. The second-order valence-corrected chi connectivity index (χ2v) is 18.6. The van der Waals surface area contributed by atoms with E-state index in [1.807, 2.05) is 23.2 Å². The molecule has 0 aliphatic carbocycles. The first-order valence-corrected chi connectivity index (χ1v) is 22.8. The van der Waals surface area contributed by atoms with E-state index in [2.05, 4.69) is 36.2 Å². The highest BCUT2D eigenvalue weighted by Crippen LogP contribution is 2.55. The van der Waals surface area contributed by atoms with Crippen LogP contribution in [0.4, 0.5) is 5.69 Å². The van der Waals surface area contributed by atoms with Crippen molar-refractivity contribution in [3.8, 4) is 23.0 Å². The van der Waals surface area contributed by atoms with Gasteiger partial charge >= 0.3 is 11.8 Å². The number of allylic oxidation sites excluding steroid dienone is 2. The number of rotatable bonds is 6. The molecule has 16 heteroatoms. The van der Waals surface area contributed by atoms with Gasteiger partial charge in [-0.3, -0.25) is 24.3 Å². The average Bonchev–Trinajstić information content (AvgIpc) is 3.55. The number of hydrogen-bond donors (Lipinski definition) is 6. The van der Waals surface area contributed by atoms with E-state index in [0.29, 0.717) is 13.1 Å². The lowest BCUT2D eigenvalue weighted by Crippen LogP contribution is -2.54. The molecule has 1 amide bonds. The molecular weight excluding hydrogens is 861 g/mol. The number of benzene rings is 3. The highest BCUT2D eigenvalue weighted by Gasteiger charge is 2.50. The highest BCUT2D eigenvalue weighted by molar-refractivity contribution is 6.23. The molecule has 1 saturated heterocycles. The van der Waals surface area contributed by atoms with E-state index in [1.54, 1.807) is 39.8 Å². The number of phenols is 3. The zero-order chi connectivity index (χ0) is 49.2. The quantitative estimate of drug-likeness (QED) is 0.0658. The lowest BCUT2D eigenvalue weighted by atomic mass is 9.78. The molecular formula is C51H66N4O12. The Morgan fingerprint density at radius 3 is 2.19 bits per heavy atom. The molecule has 0 radical (unpaired) electrons. The summed E-state index contributed by atoms with van der Waals surface area (Å²) in [6, 6.07) is 10.3. The molecule has 16 nitrogen and oxygen atoms in total. The maximum atomic E-state index is 14.6. The number of hydrogen-bond acceptors (Lipinski definition) is 15. The van der Waals surface area contributed by atoms with E-state index in [4.69, 9.17) is 24.0 Å². The normalized spacial score (nSPS) is 31.8. The van der Waals surface area contributed by atoms with Crippen molar-refractivity contribution in [2.45, 2.75) is 118 Å². The van der Waals surface area contributed by atoms with Gasteiger partial charge in [0, 0.05) is 79.8 Å². The number of Topliss-reactive ketones (excluding diaryl/α,β-unsaturated/α-hetero) is 1. The Balaban J connectivity index is 1.48. The van der Waals surface area contributed by atoms with Gasteiger partial charge in [0.15, 0.2) is 5.75 Å². The highest BCUT2D eigenvalue weighted by atomic mass is 16.7. The van der Waals surface area contributed by atoms with E-state index in [9.17, 15) is 39.9 Å². The molecule has 11 atom stereocenters. The molecule has 362 valence electrons. The van der Waals surface area contributed by atoms with Gasteiger partial charge in [-0.25, -0.2) is 0 Å². The topological polar surface area (TPSA) is 220 Å². The Morgan fingerprint density at radius 2 is 1.57 bits per heavy atom. The van der Waals surface area contributed by atoms with Crippen molar-refractivity contribution in [1.82, 2.24) is 9.91 Å². The summed E-state index contributed by atoms with van der Waals surface area (Å²) in [5.41, 5.74) is 0.787. The fraction of sp³-hybridized carbons (Fsp3) is 0.490. The Labute approximate surface area is 392 Å². The van der Waals surface area contributed by atoms with Gasteiger partial charge in [-0.2, -0.15) is 5.10 Å². The number of aromatic hydroxyl groups is 3. The van der Waals surface area contributed by atoms with Crippen LogP contribution in [0.2, 0.25) is 0 Å². The molecule has 4 aliphatic rings. The summed E-state index contributed by atoms with van der Waals surface area (Å²) >= 11 is 0. The summed E-state index contributed by atoms with van der Waals surface area (Å²) < 4.78 is 23.8. The third-order valence-electron chi connectivity index (χ3n) is 13.7. The number of amides is 1. The molecule has 4 heterocycles. The Hall–Kier alpha value is -5.94. The fourth-order valence-electron chi connectivity index (χ4n) is 9.54. The largest absolute Gasteiger partial charge is 0.507 e. The van der Waals surface area contributed by atoms with Crippen molar-refractivity contribution in [2.24, 2.45) is 28.8 Å².